The highest BCUT2D eigenvalue weighted by Crippen LogP contribution is 2.37. The summed E-state index contributed by atoms with van der Waals surface area (Å²) in [4.78, 5) is 10.4. The molecule has 2 fully saturated rings. The summed E-state index contributed by atoms with van der Waals surface area (Å²) in [5.74, 6) is 1.16. The second-order valence-electron chi connectivity index (χ2n) is 4.56. The van der Waals surface area contributed by atoms with Crippen molar-refractivity contribution in [1.29, 1.82) is 0 Å². The molecular formula is C12H20O3. The zero-order valence-electron chi connectivity index (χ0n) is 9.19. The van der Waals surface area contributed by atoms with Crippen molar-refractivity contribution in [2.24, 2.45) is 11.8 Å². The molecule has 1 aliphatic heterocycles. The van der Waals surface area contributed by atoms with Crippen molar-refractivity contribution in [2.75, 3.05) is 13.2 Å². The van der Waals surface area contributed by atoms with Crippen molar-refractivity contribution in [2.45, 2.75) is 44.8 Å². The van der Waals surface area contributed by atoms with E-state index in [4.69, 9.17) is 9.47 Å². The second-order valence-corrected chi connectivity index (χ2v) is 4.56. The molecule has 0 spiro atoms. The van der Waals surface area contributed by atoms with Crippen LogP contribution in [0.4, 0.5) is 0 Å². The largest absolute Gasteiger partial charge is 0.350 e. The van der Waals surface area contributed by atoms with Crippen LogP contribution in [0, 0.1) is 11.8 Å². The monoisotopic (exact) mass is 212 g/mol. The first kappa shape index (κ1) is 11.1. The lowest BCUT2D eigenvalue weighted by Crippen LogP contribution is -2.31. The molecule has 2 unspecified atom stereocenters. The summed E-state index contributed by atoms with van der Waals surface area (Å²) in [6.07, 6.45) is 7.77. The fourth-order valence-corrected chi connectivity index (χ4v) is 2.86. The number of aldehydes is 1. The van der Waals surface area contributed by atoms with Gasteiger partial charge < -0.3 is 14.3 Å². The zero-order valence-corrected chi connectivity index (χ0v) is 9.19. The van der Waals surface area contributed by atoms with Gasteiger partial charge in [-0.2, -0.15) is 0 Å². The highest BCUT2D eigenvalue weighted by Gasteiger charge is 2.34. The van der Waals surface area contributed by atoms with Gasteiger partial charge in [0.25, 0.3) is 0 Å². The zero-order chi connectivity index (χ0) is 10.5. The van der Waals surface area contributed by atoms with Crippen LogP contribution in [0.5, 0.6) is 0 Å². The molecule has 1 saturated carbocycles. The molecule has 3 nitrogen and oxygen atoms in total. The lowest BCUT2D eigenvalue weighted by Gasteiger charge is -2.34. The molecule has 0 radical (unpaired) electrons. The van der Waals surface area contributed by atoms with Crippen LogP contribution in [0.2, 0.25) is 0 Å². The lowest BCUT2D eigenvalue weighted by molar-refractivity contribution is -0.114. The van der Waals surface area contributed by atoms with E-state index in [2.05, 4.69) is 0 Å². The Morgan fingerprint density at radius 2 is 1.87 bits per heavy atom. The van der Waals surface area contributed by atoms with Crippen molar-refractivity contribution in [3.8, 4) is 0 Å². The predicted octanol–water partition coefficient (Wildman–Crippen LogP) is 2.14. The van der Waals surface area contributed by atoms with Gasteiger partial charge in [-0.05, 0) is 25.2 Å². The average molecular weight is 212 g/mol. The van der Waals surface area contributed by atoms with Gasteiger partial charge in [0.05, 0.1) is 13.2 Å². The maximum Gasteiger partial charge on any atom is 0.160 e. The highest BCUT2D eigenvalue weighted by atomic mass is 16.7. The molecule has 15 heavy (non-hydrogen) atoms. The van der Waals surface area contributed by atoms with Gasteiger partial charge in [-0.15, -0.1) is 0 Å². The van der Waals surface area contributed by atoms with Crippen LogP contribution < -0.4 is 0 Å². The van der Waals surface area contributed by atoms with E-state index in [1.807, 2.05) is 0 Å². The summed E-state index contributed by atoms with van der Waals surface area (Å²) in [6.45, 7) is 1.48. The summed E-state index contributed by atoms with van der Waals surface area (Å²) in [5.41, 5.74) is 0. The molecule has 2 atom stereocenters. The van der Waals surface area contributed by atoms with E-state index in [1.165, 1.54) is 25.7 Å². The van der Waals surface area contributed by atoms with E-state index in [9.17, 15) is 4.79 Å². The van der Waals surface area contributed by atoms with Crippen LogP contribution in [-0.4, -0.2) is 25.8 Å². The summed E-state index contributed by atoms with van der Waals surface area (Å²) < 4.78 is 11.2. The van der Waals surface area contributed by atoms with E-state index in [0.717, 1.165) is 25.9 Å². The number of carbonyl (C=O) groups is 1. The van der Waals surface area contributed by atoms with Gasteiger partial charge in [-0.25, -0.2) is 0 Å². The van der Waals surface area contributed by atoms with Gasteiger partial charge in [-0.1, -0.05) is 12.8 Å². The van der Waals surface area contributed by atoms with Crippen molar-refractivity contribution in [1.82, 2.24) is 0 Å². The Kier molecular flexibility index (Phi) is 4.15. The fraction of sp³-hybridized carbons (Fsp3) is 0.917. The minimum Gasteiger partial charge on any atom is -0.350 e. The van der Waals surface area contributed by atoms with Crippen LogP contribution in [-0.2, 0) is 14.3 Å². The molecule has 3 heteroatoms. The van der Waals surface area contributed by atoms with Crippen molar-refractivity contribution >= 4 is 6.29 Å². The summed E-state index contributed by atoms with van der Waals surface area (Å²) in [6, 6.07) is 0. The number of ether oxygens (including phenoxy) is 2. The van der Waals surface area contributed by atoms with Gasteiger partial charge in [0.1, 0.15) is 6.29 Å². The Morgan fingerprint density at radius 3 is 2.60 bits per heavy atom. The number of hydrogen-bond acceptors (Lipinski definition) is 3. The average Bonchev–Trinajstić information content (AvgIpc) is 2.80. The predicted molar refractivity (Wildman–Crippen MR) is 56.4 cm³/mol. The van der Waals surface area contributed by atoms with E-state index in [-0.39, 0.29) is 6.29 Å². The first-order valence-electron chi connectivity index (χ1n) is 6.08. The molecule has 0 bridgehead atoms. The molecule has 1 heterocycles. The van der Waals surface area contributed by atoms with Crippen molar-refractivity contribution < 1.29 is 14.3 Å². The lowest BCUT2D eigenvalue weighted by atomic mass is 9.76. The molecule has 1 saturated heterocycles. The molecule has 2 aliphatic rings. The summed E-state index contributed by atoms with van der Waals surface area (Å²) in [7, 11) is 0. The van der Waals surface area contributed by atoms with Crippen LogP contribution in [0.15, 0.2) is 0 Å². The third kappa shape index (κ3) is 2.79. The molecule has 2 rings (SSSR count). The fourth-order valence-electron chi connectivity index (χ4n) is 2.86. The van der Waals surface area contributed by atoms with Crippen molar-refractivity contribution in [3.63, 3.8) is 0 Å². The minimum atomic E-state index is 0.0157. The first-order chi connectivity index (χ1) is 7.42. The Hall–Kier alpha value is -0.410. The van der Waals surface area contributed by atoms with Gasteiger partial charge in [0.15, 0.2) is 6.29 Å². The molecule has 0 N–H and O–H groups in total. The standard InChI is InChI=1S/C12H20O3/c13-7-3-5-10-4-1-2-6-11(10)12-14-8-9-15-12/h7,10-12H,1-6,8-9H2. The summed E-state index contributed by atoms with van der Waals surface area (Å²) >= 11 is 0. The molecule has 0 aromatic carbocycles. The third-order valence-corrected chi connectivity index (χ3v) is 3.62. The third-order valence-electron chi connectivity index (χ3n) is 3.62. The van der Waals surface area contributed by atoms with E-state index < -0.39 is 0 Å². The SMILES string of the molecule is O=CCCC1CCCCC1C1OCCO1. The Balaban J connectivity index is 1.89. The van der Waals surface area contributed by atoms with Crippen molar-refractivity contribution in [3.05, 3.63) is 0 Å². The molecule has 0 aromatic heterocycles. The van der Waals surface area contributed by atoms with Crippen LogP contribution in [0.25, 0.3) is 0 Å². The number of hydrogen-bond donors (Lipinski definition) is 0. The topological polar surface area (TPSA) is 35.5 Å². The maximum atomic E-state index is 10.4. The maximum absolute atomic E-state index is 10.4. The van der Waals surface area contributed by atoms with E-state index >= 15 is 0 Å². The quantitative estimate of drug-likeness (QED) is 0.670. The van der Waals surface area contributed by atoms with Gasteiger partial charge >= 0.3 is 0 Å². The van der Waals surface area contributed by atoms with E-state index in [0.29, 0.717) is 18.3 Å². The molecule has 86 valence electrons. The Labute approximate surface area is 91.1 Å². The molecular weight excluding hydrogens is 192 g/mol. The van der Waals surface area contributed by atoms with E-state index in [1.54, 1.807) is 0 Å². The molecule has 0 aromatic rings. The number of rotatable bonds is 4. The normalized spacial score (nSPS) is 33.1. The second kappa shape index (κ2) is 5.61. The van der Waals surface area contributed by atoms with Crippen LogP contribution >= 0.6 is 0 Å². The van der Waals surface area contributed by atoms with Crippen LogP contribution in [0.1, 0.15) is 38.5 Å². The molecule has 1 aliphatic carbocycles. The molecule has 0 amide bonds. The number of carbonyl (C=O) groups excluding carboxylic acids is 1. The van der Waals surface area contributed by atoms with Gasteiger partial charge in [0.2, 0.25) is 0 Å². The van der Waals surface area contributed by atoms with Crippen LogP contribution in [0.3, 0.4) is 0 Å². The minimum absolute atomic E-state index is 0.0157. The highest BCUT2D eigenvalue weighted by molar-refractivity contribution is 5.49. The summed E-state index contributed by atoms with van der Waals surface area (Å²) in [5, 5.41) is 0. The van der Waals surface area contributed by atoms with Gasteiger partial charge in [0, 0.05) is 12.3 Å². The Bertz CT molecular complexity index is 199. The smallest absolute Gasteiger partial charge is 0.160 e. The first-order valence-corrected chi connectivity index (χ1v) is 6.08. The Morgan fingerprint density at radius 1 is 1.13 bits per heavy atom. The van der Waals surface area contributed by atoms with Gasteiger partial charge in [-0.3, -0.25) is 0 Å².